The summed E-state index contributed by atoms with van der Waals surface area (Å²) in [6.45, 7) is 3.48. The predicted molar refractivity (Wildman–Crippen MR) is 110 cm³/mol. The number of nitrogens with zero attached hydrogens (tertiary/aromatic N) is 5. The van der Waals surface area contributed by atoms with Gasteiger partial charge in [-0.3, -0.25) is 5.21 Å². The second kappa shape index (κ2) is 7.27. The Morgan fingerprint density at radius 2 is 1.97 bits per heavy atom. The maximum absolute atomic E-state index is 10.5. The smallest absolute Gasteiger partial charge is 0.265 e. The molecule has 0 amide bonds. The number of aromatic nitrogens is 5. The highest BCUT2D eigenvalue weighted by atomic mass is 16.5. The first-order valence-electron chi connectivity index (χ1n) is 9.37. The van der Waals surface area contributed by atoms with Crippen molar-refractivity contribution in [2.24, 2.45) is 0 Å². The number of methoxy groups -OCH3 is 1. The molecule has 4 aromatic rings. The quantitative estimate of drug-likeness (QED) is 0.341. The zero-order valence-corrected chi connectivity index (χ0v) is 16.9. The molecule has 4 N–H and O–H groups in total. The molecule has 3 aromatic heterocycles. The van der Waals surface area contributed by atoms with Gasteiger partial charge in [-0.25, -0.2) is 9.67 Å². The van der Waals surface area contributed by atoms with E-state index < -0.39 is 5.60 Å². The molecule has 3 heterocycles. The summed E-state index contributed by atoms with van der Waals surface area (Å²) in [6.07, 6.45) is 1.77. The normalized spacial score (nSPS) is 11.7. The van der Waals surface area contributed by atoms with Gasteiger partial charge in [-0.2, -0.15) is 0 Å². The summed E-state index contributed by atoms with van der Waals surface area (Å²) >= 11 is 0. The number of hydrogen-bond donors (Lipinski definition) is 3. The predicted octanol–water partition coefficient (Wildman–Crippen LogP) is 1.88. The molecule has 1 aromatic carbocycles. The number of rotatable bonds is 5. The van der Waals surface area contributed by atoms with E-state index >= 15 is 0 Å². The van der Waals surface area contributed by atoms with E-state index in [2.05, 4.69) is 15.3 Å². The van der Waals surface area contributed by atoms with Crippen LogP contribution in [0.3, 0.4) is 0 Å². The van der Waals surface area contributed by atoms with Crippen LogP contribution in [0.25, 0.3) is 22.2 Å². The number of anilines is 1. The Morgan fingerprint density at radius 3 is 2.70 bits per heavy atom. The molecule has 9 nitrogen and oxygen atoms in total. The zero-order valence-electron chi connectivity index (χ0n) is 16.9. The van der Waals surface area contributed by atoms with Gasteiger partial charge in [0.05, 0.1) is 13.3 Å². The molecule has 0 aliphatic rings. The van der Waals surface area contributed by atoms with Crippen LogP contribution >= 0.6 is 0 Å². The van der Waals surface area contributed by atoms with Crippen LogP contribution in [0.5, 0.6) is 5.75 Å². The van der Waals surface area contributed by atoms with Crippen molar-refractivity contribution < 1.29 is 19.8 Å². The summed E-state index contributed by atoms with van der Waals surface area (Å²) in [7, 11) is 1.58. The number of hydrogen-bond acceptors (Lipinski definition) is 7. The highest BCUT2D eigenvalue weighted by Crippen LogP contribution is 2.32. The molecule has 4 rings (SSSR count). The fourth-order valence-electron chi connectivity index (χ4n) is 3.41. The first kappa shape index (κ1) is 19.6. The summed E-state index contributed by atoms with van der Waals surface area (Å²) in [5.41, 5.74) is 7.79. The van der Waals surface area contributed by atoms with E-state index in [0.717, 1.165) is 15.7 Å². The Hall–Kier alpha value is -3.72. The summed E-state index contributed by atoms with van der Waals surface area (Å²) in [6, 6.07) is 12.6. The lowest BCUT2D eigenvalue weighted by Gasteiger charge is -2.13. The molecule has 0 saturated heterocycles. The van der Waals surface area contributed by atoms with Gasteiger partial charge < -0.3 is 15.6 Å². The number of ether oxygens (including phenoxy) is 1. The summed E-state index contributed by atoms with van der Waals surface area (Å²) in [5.74, 6) is 0.973. The average Bonchev–Trinajstić information content (AvgIpc) is 3.16. The number of benzene rings is 1. The van der Waals surface area contributed by atoms with Crippen LogP contribution in [-0.4, -0.2) is 37.4 Å². The van der Waals surface area contributed by atoms with Gasteiger partial charge in [-0.05, 0) is 32.0 Å². The Morgan fingerprint density at radius 1 is 1.20 bits per heavy atom. The first-order chi connectivity index (χ1) is 14.3. The molecule has 0 aliphatic heterocycles. The van der Waals surface area contributed by atoms with E-state index in [1.807, 2.05) is 18.2 Å². The van der Waals surface area contributed by atoms with Gasteiger partial charge in [0.2, 0.25) is 0 Å². The Labute approximate surface area is 172 Å². The van der Waals surface area contributed by atoms with Crippen molar-refractivity contribution in [2.75, 3.05) is 12.8 Å². The van der Waals surface area contributed by atoms with E-state index in [1.165, 1.54) is 0 Å². The molecule has 0 bridgehead atoms. The van der Waals surface area contributed by atoms with Crippen LogP contribution in [0, 0.1) is 0 Å². The molecular weight excluding hydrogens is 384 g/mol. The van der Waals surface area contributed by atoms with Crippen molar-refractivity contribution in [3.05, 3.63) is 60.0 Å². The largest absolute Gasteiger partial charge is 0.494 e. The third kappa shape index (κ3) is 3.50. The van der Waals surface area contributed by atoms with E-state index in [4.69, 9.17) is 10.5 Å². The first-order valence-corrected chi connectivity index (χ1v) is 9.37. The van der Waals surface area contributed by atoms with Crippen molar-refractivity contribution in [2.45, 2.75) is 26.0 Å². The van der Waals surface area contributed by atoms with Crippen molar-refractivity contribution >= 4 is 16.7 Å². The molecule has 0 spiro atoms. The highest BCUT2D eigenvalue weighted by molar-refractivity contribution is 5.97. The topological polar surface area (TPSA) is 123 Å². The monoisotopic (exact) mass is 407 g/mol. The maximum Gasteiger partial charge on any atom is 0.265 e. The second-order valence-corrected chi connectivity index (χ2v) is 7.53. The number of para-hydroxylation sites is 1. The van der Waals surface area contributed by atoms with Crippen LogP contribution in [0.15, 0.2) is 48.7 Å². The van der Waals surface area contributed by atoms with E-state index in [1.54, 1.807) is 56.1 Å². The fraction of sp³-hybridized carbons (Fsp3) is 0.238. The van der Waals surface area contributed by atoms with Gasteiger partial charge in [-0.15, -0.1) is 5.10 Å². The maximum atomic E-state index is 10.5. The zero-order chi connectivity index (χ0) is 21.5. The molecule has 0 radical (unpaired) electrons. The van der Waals surface area contributed by atoms with Gasteiger partial charge in [0.1, 0.15) is 34.9 Å². The minimum atomic E-state index is -1.19. The van der Waals surface area contributed by atoms with E-state index in [9.17, 15) is 10.3 Å². The number of nitrogens with two attached hydrogens (primary N) is 1. The van der Waals surface area contributed by atoms with Crippen LogP contribution in [0.4, 0.5) is 5.82 Å². The van der Waals surface area contributed by atoms with E-state index in [-0.39, 0.29) is 6.54 Å². The third-order valence-corrected chi connectivity index (χ3v) is 4.85. The molecule has 0 fully saturated rings. The minimum Gasteiger partial charge on any atom is -0.494 e. The van der Waals surface area contributed by atoms with Gasteiger partial charge >= 0.3 is 0 Å². The second-order valence-electron chi connectivity index (χ2n) is 7.53. The van der Waals surface area contributed by atoms with Gasteiger partial charge in [0.15, 0.2) is 0 Å². The van der Waals surface area contributed by atoms with Crippen LogP contribution in [-0.2, 0) is 12.1 Å². The lowest BCUT2D eigenvalue weighted by atomic mass is 10.0. The molecule has 0 aliphatic carbocycles. The fourth-order valence-corrected chi connectivity index (χ4v) is 3.41. The minimum absolute atomic E-state index is 0.259. The Bertz CT molecular complexity index is 1230. The van der Waals surface area contributed by atoms with Crippen molar-refractivity contribution in [3.63, 3.8) is 0 Å². The summed E-state index contributed by atoms with van der Waals surface area (Å²) in [5, 5.41) is 30.1. The summed E-state index contributed by atoms with van der Waals surface area (Å²) < 4.78 is 7.98. The van der Waals surface area contributed by atoms with Crippen molar-refractivity contribution in [1.82, 2.24) is 20.0 Å². The molecule has 9 heteroatoms. The lowest BCUT2D eigenvalue weighted by molar-refractivity contribution is -0.917. The van der Waals surface area contributed by atoms with Crippen molar-refractivity contribution in [3.8, 4) is 17.0 Å². The molecule has 0 saturated carbocycles. The van der Waals surface area contributed by atoms with Gasteiger partial charge in [-0.1, -0.05) is 17.3 Å². The van der Waals surface area contributed by atoms with Crippen molar-refractivity contribution in [1.29, 1.82) is 0 Å². The Balaban J connectivity index is 1.73. The SMILES string of the molecule is COc1cccc2c(-c3cn(Cc4cccc(C(C)(C)O)[n+]4O)nn3)cc(N)nc12. The Kier molecular flexibility index (Phi) is 4.75. The van der Waals surface area contributed by atoms with E-state index in [0.29, 0.717) is 34.2 Å². The third-order valence-electron chi connectivity index (χ3n) is 4.85. The molecule has 30 heavy (non-hydrogen) atoms. The lowest BCUT2D eigenvalue weighted by Crippen LogP contribution is -2.45. The molecular formula is C21H23N6O3+. The number of pyridine rings is 2. The highest BCUT2D eigenvalue weighted by Gasteiger charge is 2.30. The number of nitrogen functional groups attached to an aromatic ring is 1. The molecule has 154 valence electrons. The standard InChI is InChI=1S/C21H23N6O3/c1-21(2,28)18-9-4-6-13(27(18)29)11-26-12-16(24-25-26)15-10-19(22)23-20-14(15)7-5-8-17(20)30-3/h4-10,12,28-29H,11H2,1-3H3,(H2,22,23)/q+1. The van der Waals surface area contributed by atoms with Crippen LogP contribution < -0.4 is 15.2 Å². The van der Waals surface area contributed by atoms with Crippen LogP contribution in [0.2, 0.25) is 0 Å². The number of fused-ring (bicyclic) bond motifs is 1. The number of aliphatic hydroxyl groups is 1. The van der Waals surface area contributed by atoms with Crippen LogP contribution in [0.1, 0.15) is 25.2 Å². The van der Waals surface area contributed by atoms with Gasteiger partial charge in [0.25, 0.3) is 11.4 Å². The van der Waals surface area contributed by atoms with Gasteiger partial charge in [0, 0.05) is 27.8 Å². The average molecular weight is 407 g/mol. The summed E-state index contributed by atoms with van der Waals surface area (Å²) in [4.78, 5) is 4.39. The molecule has 0 unspecified atom stereocenters. The molecule has 0 atom stereocenters.